The minimum Gasteiger partial charge on any atom is -0.391 e. The molecule has 2 heterocycles. The van der Waals surface area contributed by atoms with Crippen LogP contribution in [0.25, 0.3) is 0 Å². The van der Waals surface area contributed by atoms with Crippen molar-refractivity contribution in [2.75, 3.05) is 19.6 Å². The Morgan fingerprint density at radius 3 is 2.85 bits per heavy atom. The highest BCUT2D eigenvalue weighted by Gasteiger charge is 2.30. The molecule has 0 spiro atoms. The van der Waals surface area contributed by atoms with Crippen LogP contribution in [-0.4, -0.2) is 40.7 Å². The van der Waals surface area contributed by atoms with E-state index in [1.807, 2.05) is 24.5 Å². The smallest absolute Gasteiger partial charge is 0.0710 e. The Morgan fingerprint density at radius 1 is 1.40 bits per heavy atom. The average Bonchev–Trinajstić information content (AvgIpc) is 2.80. The lowest BCUT2D eigenvalue weighted by atomic mass is 9.97. The van der Waals surface area contributed by atoms with E-state index in [-0.39, 0.29) is 6.10 Å². The third-order valence-electron chi connectivity index (χ3n) is 4.23. The van der Waals surface area contributed by atoms with E-state index in [0.717, 1.165) is 38.9 Å². The van der Waals surface area contributed by atoms with Crippen LogP contribution in [0.4, 0.5) is 0 Å². The molecule has 1 N–H and O–H groups in total. The molecule has 0 bridgehead atoms. The van der Waals surface area contributed by atoms with E-state index >= 15 is 0 Å². The molecule has 0 saturated carbocycles. The van der Waals surface area contributed by atoms with Gasteiger partial charge in [0, 0.05) is 37.9 Å². The second kappa shape index (κ2) is 7.55. The predicted octanol–water partition coefficient (Wildman–Crippen LogP) is 2.66. The standard InChI is InChI=1S/C17H26N2O/c1-3-14(2)5-4-10-19-12-16(17(20)13-19)11-15-6-8-18-9-7-15/h5-9,16-17,20H,3-4,10-13H2,1-2H3/t16-,17-/m1/s1. The summed E-state index contributed by atoms with van der Waals surface area (Å²) >= 11 is 0. The van der Waals surface area contributed by atoms with Crippen LogP contribution >= 0.6 is 0 Å². The van der Waals surface area contributed by atoms with Gasteiger partial charge in [-0.1, -0.05) is 18.6 Å². The molecular formula is C17H26N2O. The van der Waals surface area contributed by atoms with E-state index in [1.165, 1.54) is 11.1 Å². The van der Waals surface area contributed by atoms with Crippen molar-refractivity contribution >= 4 is 0 Å². The van der Waals surface area contributed by atoms with Crippen LogP contribution in [0, 0.1) is 5.92 Å². The SMILES string of the molecule is CCC(C)=CCCN1C[C@@H](Cc2ccncc2)[C@H](O)C1. The maximum atomic E-state index is 10.2. The number of β-amino-alcohol motifs (C(OH)–C–C–N with tert-alkyl or cyclic N) is 1. The number of rotatable bonds is 6. The van der Waals surface area contributed by atoms with Gasteiger partial charge in [-0.2, -0.15) is 0 Å². The molecule has 20 heavy (non-hydrogen) atoms. The second-order valence-electron chi connectivity index (χ2n) is 5.84. The summed E-state index contributed by atoms with van der Waals surface area (Å²) in [5, 5.41) is 10.2. The lowest BCUT2D eigenvalue weighted by Crippen LogP contribution is -2.22. The van der Waals surface area contributed by atoms with E-state index in [2.05, 4.69) is 29.8 Å². The molecule has 3 heteroatoms. The lowest BCUT2D eigenvalue weighted by molar-refractivity contribution is 0.141. The number of hydrogen-bond acceptors (Lipinski definition) is 3. The molecule has 1 aromatic rings. The monoisotopic (exact) mass is 274 g/mol. The maximum absolute atomic E-state index is 10.2. The van der Waals surface area contributed by atoms with Crippen molar-refractivity contribution in [1.82, 2.24) is 9.88 Å². The highest BCUT2D eigenvalue weighted by Crippen LogP contribution is 2.21. The third-order valence-corrected chi connectivity index (χ3v) is 4.23. The summed E-state index contributed by atoms with van der Waals surface area (Å²) in [5.41, 5.74) is 2.73. The Bertz CT molecular complexity index is 430. The molecule has 1 saturated heterocycles. The van der Waals surface area contributed by atoms with Gasteiger partial charge in [0.1, 0.15) is 0 Å². The van der Waals surface area contributed by atoms with E-state index in [1.54, 1.807) is 0 Å². The summed E-state index contributed by atoms with van der Waals surface area (Å²) in [7, 11) is 0. The summed E-state index contributed by atoms with van der Waals surface area (Å²) in [6, 6.07) is 4.09. The van der Waals surface area contributed by atoms with E-state index < -0.39 is 0 Å². The molecular weight excluding hydrogens is 248 g/mol. The molecule has 2 rings (SSSR count). The fraction of sp³-hybridized carbons (Fsp3) is 0.588. The quantitative estimate of drug-likeness (QED) is 0.810. The molecule has 110 valence electrons. The Kier molecular flexibility index (Phi) is 5.74. The number of aliphatic hydroxyl groups excluding tert-OH is 1. The molecule has 0 unspecified atom stereocenters. The summed E-state index contributed by atoms with van der Waals surface area (Å²) < 4.78 is 0. The van der Waals surface area contributed by atoms with Crippen molar-refractivity contribution in [3.8, 4) is 0 Å². The van der Waals surface area contributed by atoms with Gasteiger partial charge in [-0.15, -0.1) is 0 Å². The minimum absolute atomic E-state index is 0.195. The molecule has 0 aliphatic carbocycles. The van der Waals surface area contributed by atoms with Gasteiger partial charge >= 0.3 is 0 Å². The summed E-state index contributed by atoms with van der Waals surface area (Å²) in [6.07, 6.45) is 8.95. The number of nitrogens with zero attached hydrogens (tertiary/aromatic N) is 2. The first-order valence-corrected chi connectivity index (χ1v) is 7.64. The highest BCUT2D eigenvalue weighted by atomic mass is 16.3. The Labute approximate surface area is 122 Å². The molecule has 1 aromatic heterocycles. The molecule has 0 radical (unpaired) electrons. The fourth-order valence-corrected chi connectivity index (χ4v) is 2.78. The summed E-state index contributed by atoms with van der Waals surface area (Å²) in [5.74, 6) is 0.355. The van der Waals surface area contributed by atoms with Crippen molar-refractivity contribution in [2.45, 2.75) is 39.2 Å². The van der Waals surface area contributed by atoms with Crippen LogP contribution in [0.2, 0.25) is 0 Å². The molecule has 0 aromatic carbocycles. The zero-order valence-corrected chi connectivity index (χ0v) is 12.6. The third kappa shape index (κ3) is 4.43. The molecule has 1 aliphatic rings. The first-order valence-electron chi connectivity index (χ1n) is 7.64. The molecule has 0 amide bonds. The van der Waals surface area contributed by atoms with Crippen molar-refractivity contribution in [3.05, 3.63) is 41.7 Å². The number of likely N-dealkylation sites (tertiary alicyclic amines) is 1. The number of allylic oxidation sites excluding steroid dienone is 1. The van der Waals surface area contributed by atoms with Crippen molar-refractivity contribution in [2.24, 2.45) is 5.92 Å². The van der Waals surface area contributed by atoms with Gasteiger partial charge < -0.3 is 10.0 Å². The Balaban J connectivity index is 1.80. The average molecular weight is 274 g/mol. The minimum atomic E-state index is -0.195. The van der Waals surface area contributed by atoms with Gasteiger partial charge in [-0.3, -0.25) is 4.98 Å². The number of aliphatic hydroxyl groups is 1. The number of aromatic nitrogens is 1. The van der Waals surface area contributed by atoms with Crippen LogP contribution in [0.1, 0.15) is 32.3 Å². The fourth-order valence-electron chi connectivity index (χ4n) is 2.78. The first-order chi connectivity index (χ1) is 9.69. The van der Waals surface area contributed by atoms with Crippen LogP contribution in [-0.2, 0) is 6.42 Å². The van der Waals surface area contributed by atoms with E-state index in [9.17, 15) is 5.11 Å². The molecule has 2 atom stereocenters. The topological polar surface area (TPSA) is 36.4 Å². The zero-order valence-electron chi connectivity index (χ0n) is 12.6. The van der Waals surface area contributed by atoms with Gasteiger partial charge in [-0.25, -0.2) is 0 Å². The van der Waals surface area contributed by atoms with Crippen molar-refractivity contribution in [1.29, 1.82) is 0 Å². The Hall–Kier alpha value is -1.19. The van der Waals surface area contributed by atoms with Crippen molar-refractivity contribution < 1.29 is 5.11 Å². The van der Waals surface area contributed by atoms with Gasteiger partial charge in [0.25, 0.3) is 0 Å². The van der Waals surface area contributed by atoms with Crippen molar-refractivity contribution in [3.63, 3.8) is 0 Å². The maximum Gasteiger partial charge on any atom is 0.0710 e. The second-order valence-corrected chi connectivity index (χ2v) is 5.84. The molecule has 1 fully saturated rings. The van der Waals surface area contributed by atoms with E-state index in [0.29, 0.717) is 5.92 Å². The van der Waals surface area contributed by atoms with Gasteiger partial charge in [-0.05, 0) is 43.9 Å². The van der Waals surface area contributed by atoms with Crippen LogP contribution in [0.3, 0.4) is 0 Å². The van der Waals surface area contributed by atoms with Crippen LogP contribution in [0.5, 0.6) is 0 Å². The zero-order chi connectivity index (χ0) is 14.4. The van der Waals surface area contributed by atoms with Crippen LogP contribution < -0.4 is 0 Å². The van der Waals surface area contributed by atoms with Gasteiger partial charge in [0.15, 0.2) is 0 Å². The number of pyridine rings is 1. The largest absolute Gasteiger partial charge is 0.391 e. The normalized spacial score (nSPS) is 24.2. The summed E-state index contributed by atoms with van der Waals surface area (Å²) in [6.45, 7) is 7.25. The van der Waals surface area contributed by atoms with Gasteiger partial charge in [0.05, 0.1) is 6.10 Å². The summed E-state index contributed by atoms with van der Waals surface area (Å²) in [4.78, 5) is 6.42. The highest BCUT2D eigenvalue weighted by molar-refractivity contribution is 5.11. The first kappa shape index (κ1) is 15.2. The molecule has 3 nitrogen and oxygen atoms in total. The molecule has 1 aliphatic heterocycles. The van der Waals surface area contributed by atoms with Gasteiger partial charge in [0.2, 0.25) is 0 Å². The lowest BCUT2D eigenvalue weighted by Gasteiger charge is -2.14. The van der Waals surface area contributed by atoms with Crippen LogP contribution in [0.15, 0.2) is 36.2 Å². The Morgan fingerprint density at radius 2 is 2.15 bits per heavy atom. The van der Waals surface area contributed by atoms with E-state index in [4.69, 9.17) is 0 Å². The number of hydrogen-bond donors (Lipinski definition) is 1. The predicted molar refractivity (Wildman–Crippen MR) is 82.5 cm³/mol.